The van der Waals surface area contributed by atoms with Gasteiger partial charge in [0, 0.05) is 31.2 Å². The Hall–Kier alpha value is -2.80. The molecule has 1 atom stereocenters. The van der Waals surface area contributed by atoms with Crippen LogP contribution in [0, 0.1) is 6.92 Å². The summed E-state index contributed by atoms with van der Waals surface area (Å²) in [5, 5.41) is 0. The zero-order valence-corrected chi connectivity index (χ0v) is 16.0. The van der Waals surface area contributed by atoms with Crippen molar-refractivity contribution in [2.75, 3.05) is 31.1 Å². The predicted octanol–water partition coefficient (Wildman–Crippen LogP) is 2.21. The number of carbonyl (C=O) groups is 2. The quantitative estimate of drug-likeness (QED) is 0.799. The summed E-state index contributed by atoms with van der Waals surface area (Å²) >= 11 is 0. The van der Waals surface area contributed by atoms with E-state index in [0.717, 1.165) is 18.5 Å². The summed E-state index contributed by atoms with van der Waals surface area (Å²) in [6, 6.07) is 9.69. The Kier molecular flexibility index (Phi) is 5.09. The maximum absolute atomic E-state index is 12.8. The monoisotopic (exact) mass is 380 g/mol. The van der Waals surface area contributed by atoms with Crippen molar-refractivity contribution in [3.8, 4) is 0 Å². The van der Waals surface area contributed by atoms with Gasteiger partial charge in [0.15, 0.2) is 0 Å². The molecule has 2 saturated heterocycles. The number of rotatable bonds is 2. The van der Waals surface area contributed by atoms with Crippen molar-refractivity contribution in [2.45, 2.75) is 31.8 Å². The van der Waals surface area contributed by atoms with Crippen molar-refractivity contribution < 1.29 is 14.3 Å². The molecule has 2 aliphatic heterocycles. The van der Waals surface area contributed by atoms with Crippen molar-refractivity contribution >= 4 is 17.5 Å². The van der Waals surface area contributed by atoms with Gasteiger partial charge in [-0.3, -0.25) is 9.59 Å². The van der Waals surface area contributed by atoms with E-state index < -0.39 is 5.60 Å². The minimum absolute atomic E-state index is 0.0224. The first-order chi connectivity index (χ1) is 13.6. The molecule has 2 amide bonds. The standard InChI is InChI=1S/C21H24N4O3/c1-16-22-12-17(13-23-16)20(27)24-10-5-8-21(9-11-24)15-25(19(26)14-28-21)18-6-3-2-4-7-18/h2-4,6-7,12-13H,5,8-11,14-15H2,1H3. The third-order valence-corrected chi connectivity index (χ3v) is 5.53. The zero-order chi connectivity index (χ0) is 19.6. The van der Waals surface area contributed by atoms with E-state index in [1.165, 1.54) is 0 Å². The molecule has 2 fully saturated rings. The van der Waals surface area contributed by atoms with E-state index in [1.807, 2.05) is 40.1 Å². The highest BCUT2D eigenvalue weighted by molar-refractivity contribution is 5.95. The van der Waals surface area contributed by atoms with Crippen LogP contribution < -0.4 is 4.90 Å². The number of hydrogen-bond donors (Lipinski definition) is 0. The Morgan fingerprint density at radius 2 is 1.86 bits per heavy atom. The fraction of sp³-hybridized carbons (Fsp3) is 0.429. The number of para-hydroxylation sites is 1. The van der Waals surface area contributed by atoms with E-state index in [4.69, 9.17) is 4.74 Å². The Balaban J connectivity index is 1.47. The van der Waals surface area contributed by atoms with Crippen LogP contribution in [0.5, 0.6) is 0 Å². The number of likely N-dealkylation sites (tertiary alicyclic amines) is 1. The number of aromatic nitrogens is 2. The van der Waals surface area contributed by atoms with Gasteiger partial charge >= 0.3 is 0 Å². The third kappa shape index (κ3) is 3.75. The van der Waals surface area contributed by atoms with Gasteiger partial charge in [-0.15, -0.1) is 0 Å². The fourth-order valence-electron chi connectivity index (χ4n) is 3.92. The molecule has 3 heterocycles. The Labute approximate surface area is 164 Å². The Morgan fingerprint density at radius 3 is 2.61 bits per heavy atom. The van der Waals surface area contributed by atoms with Crippen LogP contribution in [-0.2, 0) is 9.53 Å². The average molecular weight is 380 g/mol. The highest BCUT2D eigenvalue weighted by Gasteiger charge is 2.42. The van der Waals surface area contributed by atoms with Crippen molar-refractivity contribution in [3.05, 3.63) is 54.1 Å². The second kappa shape index (κ2) is 7.67. The molecule has 4 rings (SSSR count). The minimum atomic E-state index is -0.414. The van der Waals surface area contributed by atoms with E-state index in [9.17, 15) is 9.59 Å². The van der Waals surface area contributed by atoms with E-state index in [0.29, 0.717) is 37.4 Å². The summed E-state index contributed by atoms with van der Waals surface area (Å²) in [5.41, 5.74) is 0.985. The number of nitrogens with zero attached hydrogens (tertiary/aromatic N) is 4. The summed E-state index contributed by atoms with van der Waals surface area (Å²) in [5.74, 6) is 0.572. The molecule has 1 aromatic heterocycles. The van der Waals surface area contributed by atoms with Crippen LogP contribution in [0.3, 0.4) is 0 Å². The van der Waals surface area contributed by atoms with Gasteiger partial charge in [-0.25, -0.2) is 9.97 Å². The van der Waals surface area contributed by atoms with Crippen LogP contribution in [0.4, 0.5) is 5.69 Å². The summed E-state index contributed by atoms with van der Waals surface area (Å²) in [7, 11) is 0. The molecule has 0 N–H and O–H groups in total. The number of anilines is 1. The fourth-order valence-corrected chi connectivity index (χ4v) is 3.92. The van der Waals surface area contributed by atoms with Crippen molar-refractivity contribution in [1.82, 2.24) is 14.9 Å². The summed E-state index contributed by atoms with van der Waals surface area (Å²) in [6.45, 7) is 3.64. The van der Waals surface area contributed by atoms with Gasteiger partial charge in [0.25, 0.3) is 11.8 Å². The molecule has 7 heteroatoms. The van der Waals surface area contributed by atoms with Crippen LogP contribution in [0.2, 0.25) is 0 Å². The Bertz CT molecular complexity index is 856. The maximum atomic E-state index is 12.8. The molecule has 28 heavy (non-hydrogen) atoms. The molecule has 146 valence electrons. The van der Waals surface area contributed by atoms with Gasteiger partial charge in [0.05, 0.1) is 17.7 Å². The zero-order valence-electron chi connectivity index (χ0n) is 16.0. The molecule has 2 aliphatic rings. The highest BCUT2D eigenvalue weighted by atomic mass is 16.5. The Morgan fingerprint density at radius 1 is 1.11 bits per heavy atom. The lowest BCUT2D eigenvalue weighted by atomic mass is 9.92. The number of ether oxygens (including phenoxy) is 1. The number of morpholine rings is 1. The minimum Gasteiger partial charge on any atom is -0.363 e. The van der Waals surface area contributed by atoms with Crippen LogP contribution >= 0.6 is 0 Å². The molecule has 0 aliphatic carbocycles. The molecule has 0 saturated carbocycles. The topological polar surface area (TPSA) is 75.6 Å². The molecular weight excluding hydrogens is 356 g/mol. The molecule has 0 bridgehead atoms. The van der Waals surface area contributed by atoms with Crippen LogP contribution in [0.1, 0.15) is 35.4 Å². The SMILES string of the molecule is Cc1ncc(C(=O)N2CCCC3(CC2)CN(c2ccccc2)C(=O)CO3)cn1. The van der Waals surface area contributed by atoms with Gasteiger partial charge in [-0.05, 0) is 38.3 Å². The van der Waals surface area contributed by atoms with Crippen LogP contribution in [0.15, 0.2) is 42.7 Å². The molecule has 2 aromatic rings. The highest BCUT2D eigenvalue weighted by Crippen LogP contribution is 2.33. The van der Waals surface area contributed by atoms with E-state index >= 15 is 0 Å². The van der Waals surface area contributed by atoms with E-state index in [1.54, 1.807) is 19.3 Å². The molecule has 7 nitrogen and oxygen atoms in total. The number of aryl methyl sites for hydroxylation is 1. The lowest BCUT2D eigenvalue weighted by Crippen LogP contribution is -2.55. The van der Waals surface area contributed by atoms with Crippen molar-refractivity contribution in [2.24, 2.45) is 0 Å². The average Bonchev–Trinajstić information content (AvgIpc) is 2.93. The molecule has 1 unspecified atom stereocenters. The van der Waals surface area contributed by atoms with Gasteiger partial charge in [0.1, 0.15) is 12.4 Å². The number of carbonyl (C=O) groups excluding carboxylic acids is 2. The van der Waals surface area contributed by atoms with Crippen LogP contribution in [-0.4, -0.2) is 58.5 Å². The lowest BCUT2D eigenvalue weighted by molar-refractivity contribution is -0.140. The van der Waals surface area contributed by atoms with Gasteiger partial charge in [-0.1, -0.05) is 18.2 Å². The number of hydrogen-bond acceptors (Lipinski definition) is 5. The lowest BCUT2D eigenvalue weighted by Gasteiger charge is -2.42. The first kappa shape index (κ1) is 18.6. The third-order valence-electron chi connectivity index (χ3n) is 5.53. The predicted molar refractivity (Wildman–Crippen MR) is 104 cm³/mol. The second-order valence-electron chi connectivity index (χ2n) is 7.45. The molecule has 1 aromatic carbocycles. The number of benzene rings is 1. The summed E-state index contributed by atoms with van der Waals surface area (Å²) in [6.07, 6.45) is 5.51. The first-order valence-corrected chi connectivity index (χ1v) is 9.64. The first-order valence-electron chi connectivity index (χ1n) is 9.64. The van der Waals surface area contributed by atoms with E-state index in [-0.39, 0.29) is 18.4 Å². The summed E-state index contributed by atoms with van der Waals surface area (Å²) in [4.78, 5) is 37.1. The van der Waals surface area contributed by atoms with Gasteiger partial charge < -0.3 is 14.5 Å². The van der Waals surface area contributed by atoms with Crippen molar-refractivity contribution in [3.63, 3.8) is 0 Å². The largest absolute Gasteiger partial charge is 0.363 e. The van der Waals surface area contributed by atoms with Crippen molar-refractivity contribution in [1.29, 1.82) is 0 Å². The molecular formula is C21H24N4O3. The normalized spacial score (nSPS) is 23.0. The molecule has 1 spiro atoms. The smallest absolute Gasteiger partial charge is 0.256 e. The van der Waals surface area contributed by atoms with Crippen LogP contribution in [0.25, 0.3) is 0 Å². The van der Waals surface area contributed by atoms with E-state index in [2.05, 4.69) is 9.97 Å². The number of amides is 2. The van der Waals surface area contributed by atoms with Gasteiger partial charge in [0.2, 0.25) is 0 Å². The second-order valence-corrected chi connectivity index (χ2v) is 7.45. The maximum Gasteiger partial charge on any atom is 0.256 e. The summed E-state index contributed by atoms with van der Waals surface area (Å²) < 4.78 is 6.05. The van der Waals surface area contributed by atoms with Gasteiger partial charge in [-0.2, -0.15) is 0 Å². The molecule has 0 radical (unpaired) electrons.